The Bertz CT molecular complexity index is 501. The zero-order valence-electron chi connectivity index (χ0n) is 12.4. The number of likely N-dealkylation sites (N-methyl/N-ethyl adjacent to an activating group) is 1. The highest BCUT2D eigenvalue weighted by Crippen LogP contribution is 2.17. The van der Waals surface area contributed by atoms with Crippen LogP contribution in [0.15, 0.2) is 23.2 Å². The van der Waals surface area contributed by atoms with Crippen molar-refractivity contribution in [3.05, 3.63) is 18.3 Å². The van der Waals surface area contributed by atoms with Crippen LogP contribution in [0.5, 0.6) is 0 Å². The van der Waals surface area contributed by atoms with Crippen molar-refractivity contribution in [3.63, 3.8) is 0 Å². The number of hydrogen-bond donors (Lipinski definition) is 2. The molecule has 0 aromatic carbocycles. The van der Waals surface area contributed by atoms with E-state index < -0.39 is 10.0 Å². The van der Waals surface area contributed by atoms with Gasteiger partial charge in [0.05, 0.1) is 0 Å². The van der Waals surface area contributed by atoms with E-state index in [2.05, 4.69) is 33.8 Å². The van der Waals surface area contributed by atoms with Gasteiger partial charge in [0.1, 0.15) is 10.7 Å². The van der Waals surface area contributed by atoms with Crippen molar-refractivity contribution in [1.29, 1.82) is 0 Å². The summed E-state index contributed by atoms with van der Waals surface area (Å²) in [6, 6.07) is 3.19. The van der Waals surface area contributed by atoms with Crippen LogP contribution in [0.4, 0.5) is 5.82 Å². The van der Waals surface area contributed by atoms with E-state index >= 15 is 0 Å². The van der Waals surface area contributed by atoms with Crippen LogP contribution >= 0.6 is 0 Å². The summed E-state index contributed by atoms with van der Waals surface area (Å²) in [5.74, 6) is 0.394. The number of rotatable bonds is 9. The highest BCUT2D eigenvalue weighted by atomic mass is 32.2. The SMILES string of the molecule is CCNc1ncccc1S(=O)(=O)NCCN(CC)CC. The topological polar surface area (TPSA) is 74.3 Å². The summed E-state index contributed by atoms with van der Waals surface area (Å²) in [4.78, 5) is 6.43. The Balaban J connectivity index is 2.74. The van der Waals surface area contributed by atoms with Crippen LogP contribution in [0.1, 0.15) is 20.8 Å². The fourth-order valence-corrected chi connectivity index (χ4v) is 3.02. The Labute approximate surface area is 121 Å². The highest BCUT2D eigenvalue weighted by Gasteiger charge is 2.18. The molecular weight excluding hydrogens is 276 g/mol. The maximum Gasteiger partial charge on any atom is 0.244 e. The van der Waals surface area contributed by atoms with E-state index in [4.69, 9.17) is 0 Å². The Morgan fingerprint density at radius 3 is 2.55 bits per heavy atom. The Morgan fingerprint density at radius 2 is 1.95 bits per heavy atom. The second-order valence-corrected chi connectivity index (χ2v) is 6.04. The molecule has 1 aromatic rings. The first-order chi connectivity index (χ1) is 9.55. The molecule has 0 spiro atoms. The minimum absolute atomic E-state index is 0.196. The largest absolute Gasteiger partial charge is 0.369 e. The molecule has 0 atom stereocenters. The molecule has 114 valence electrons. The number of anilines is 1. The molecule has 1 aromatic heterocycles. The molecule has 7 heteroatoms. The number of hydrogen-bond acceptors (Lipinski definition) is 5. The summed E-state index contributed by atoms with van der Waals surface area (Å²) in [5, 5.41) is 2.96. The molecule has 0 radical (unpaired) electrons. The average molecular weight is 300 g/mol. The van der Waals surface area contributed by atoms with Gasteiger partial charge in [-0.15, -0.1) is 0 Å². The van der Waals surface area contributed by atoms with Gasteiger partial charge in [-0.25, -0.2) is 18.1 Å². The van der Waals surface area contributed by atoms with Crippen LogP contribution in [-0.2, 0) is 10.0 Å². The third kappa shape index (κ3) is 4.73. The lowest BCUT2D eigenvalue weighted by Crippen LogP contribution is -2.35. The number of nitrogens with zero attached hydrogens (tertiary/aromatic N) is 2. The predicted molar refractivity (Wildman–Crippen MR) is 81.4 cm³/mol. The molecular formula is C13H24N4O2S. The number of sulfonamides is 1. The molecule has 2 N–H and O–H groups in total. The zero-order chi connectivity index (χ0) is 15.0. The van der Waals surface area contributed by atoms with E-state index in [9.17, 15) is 8.42 Å². The predicted octanol–water partition coefficient (Wildman–Crippen LogP) is 1.13. The molecule has 0 fully saturated rings. The van der Waals surface area contributed by atoms with Crippen LogP contribution in [0.25, 0.3) is 0 Å². The molecule has 1 rings (SSSR count). The first-order valence-electron chi connectivity index (χ1n) is 6.96. The Hall–Kier alpha value is -1.18. The quantitative estimate of drug-likeness (QED) is 0.715. The molecule has 0 unspecified atom stereocenters. The van der Waals surface area contributed by atoms with E-state index in [-0.39, 0.29) is 4.90 Å². The van der Waals surface area contributed by atoms with E-state index in [1.807, 2.05) is 6.92 Å². The van der Waals surface area contributed by atoms with E-state index in [0.29, 0.717) is 25.5 Å². The first-order valence-corrected chi connectivity index (χ1v) is 8.44. The van der Waals surface area contributed by atoms with Gasteiger partial charge in [-0.05, 0) is 32.1 Å². The van der Waals surface area contributed by atoms with Gasteiger partial charge in [0.15, 0.2) is 0 Å². The molecule has 6 nitrogen and oxygen atoms in total. The van der Waals surface area contributed by atoms with Crippen molar-refractivity contribution >= 4 is 15.8 Å². The van der Waals surface area contributed by atoms with Crippen LogP contribution in [0.3, 0.4) is 0 Å². The van der Waals surface area contributed by atoms with Crippen molar-refractivity contribution in [1.82, 2.24) is 14.6 Å². The van der Waals surface area contributed by atoms with Crippen LogP contribution < -0.4 is 10.0 Å². The van der Waals surface area contributed by atoms with E-state index in [1.54, 1.807) is 18.3 Å². The van der Waals surface area contributed by atoms with Crippen LogP contribution in [0, 0.1) is 0 Å². The fraction of sp³-hybridized carbons (Fsp3) is 0.615. The summed E-state index contributed by atoms with van der Waals surface area (Å²) in [7, 11) is -3.53. The minimum atomic E-state index is -3.53. The third-order valence-corrected chi connectivity index (χ3v) is 4.51. The minimum Gasteiger partial charge on any atom is -0.369 e. The number of nitrogens with one attached hydrogen (secondary N) is 2. The lowest BCUT2D eigenvalue weighted by atomic mass is 10.4. The van der Waals surface area contributed by atoms with Crippen molar-refractivity contribution in [2.75, 3.05) is 38.0 Å². The monoisotopic (exact) mass is 300 g/mol. The first kappa shape index (κ1) is 16.9. The normalized spacial score (nSPS) is 11.8. The maximum absolute atomic E-state index is 12.3. The summed E-state index contributed by atoms with van der Waals surface area (Å²) in [6.45, 7) is 9.55. The fourth-order valence-electron chi connectivity index (χ4n) is 1.86. The Kier molecular flexibility index (Phi) is 6.90. The molecule has 0 amide bonds. The van der Waals surface area contributed by atoms with Crippen molar-refractivity contribution in [2.24, 2.45) is 0 Å². The van der Waals surface area contributed by atoms with Gasteiger partial charge in [-0.3, -0.25) is 0 Å². The molecule has 20 heavy (non-hydrogen) atoms. The second-order valence-electron chi connectivity index (χ2n) is 4.31. The lowest BCUT2D eigenvalue weighted by molar-refractivity contribution is 0.309. The van der Waals surface area contributed by atoms with Gasteiger partial charge in [0.2, 0.25) is 10.0 Å². The molecule has 0 bridgehead atoms. The van der Waals surface area contributed by atoms with Gasteiger partial charge in [0.25, 0.3) is 0 Å². The lowest BCUT2D eigenvalue weighted by Gasteiger charge is -2.18. The van der Waals surface area contributed by atoms with E-state index in [1.165, 1.54) is 0 Å². The molecule has 0 saturated carbocycles. The number of aromatic nitrogens is 1. The average Bonchev–Trinajstić information content (AvgIpc) is 2.44. The smallest absolute Gasteiger partial charge is 0.244 e. The summed E-state index contributed by atoms with van der Waals surface area (Å²) < 4.78 is 27.2. The van der Waals surface area contributed by atoms with Crippen molar-refractivity contribution in [2.45, 2.75) is 25.7 Å². The zero-order valence-corrected chi connectivity index (χ0v) is 13.2. The van der Waals surface area contributed by atoms with Gasteiger partial charge in [0, 0.05) is 25.8 Å². The molecule has 0 saturated heterocycles. The van der Waals surface area contributed by atoms with Gasteiger partial charge < -0.3 is 10.2 Å². The van der Waals surface area contributed by atoms with Gasteiger partial charge >= 0.3 is 0 Å². The summed E-state index contributed by atoms with van der Waals surface area (Å²) in [5.41, 5.74) is 0. The second kappa shape index (κ2) is 8.18. The molecule has 0 aliphatic heterocycles. The number of pyridine rings is 1. The summed E-state index contributed by atoms with van der Waals surface area (Å²) in [6.07, 6.45) is 1.58. The van der Waals surface area contributed by atoms with E-state index in [0.717, 1.165) is 13.1 Å². The maximum atomic E-state index is 12.3. The van der Waals surface area contributed by atoms with Crippen LogP contribution in [0.2, 0.25) is 0 Å². The molecule has 1 heterocycles. The van der Waals surface area contributed by atoms with Crippen molar-refractivity contribution in [3.8, 4) is 0 Å². The highest BCUT2D eigenvalue weighted by molar-refractivity contribution is 7.89. The van der Waals surface area contributed by atoms with Gasteiger partial charge in [-0.1, -0.05) is 13.8 Å². The van der Waals surface area contributed by atoms with Gasteiger partial charge in [-0.2, -0.15) is 0 Å². The molecule has 0 aliphatic rings. The van der Waals surface area contributed by atoms with Crippen molar-refractivity contribution < 1.29 is 8.42 Å². The Morgan fingerprint density at radius 1 is 1.25 bits per heavy atom. The standard InChI is InChI=1S/C13H24N4O2S/c1-4-14-13-12(8-7-9-15-13)20(18,19)16-10-11-17(5-2)6-3/h7-9,16H,4-6,10-11H2,1-3H3,(H,14,15). The third-order valence-electron chi connectivity index (χ3n) is 3.02. The summed E-state index contributed by atoms with van der Waals surface area (Å²) >= 11 is 0. The van der Waals surface area contributed by atoms with Crippen LogP contribution in [-0.4, -0.2) is 51.0 Å². The molecule has 0 aliphatic carbocycles.